The van der Waals surface area contributed by atoms with Gasteiger partial charge in [-0.1, -0.05) is 69.3 Å². The minimum absolute atomic E-state index is 0.279. The smallest absolute Gasteiger partial charge is 0.0328 e. The van der Waals surface area contributed by atoms with Crippen molar-refractivity contribution in [3.05, 3.63) is 47.5 Å². The van der Waals surface area contributed by atoms with Crippen molar-refractivity contribution in [3.63, 3.8) is 0 Å². The van der Waals surface area contributed by atoms with Crippen LogP contribution in [0.3, 0.4) is 0 Å². The van der Waals surface area contributed by atoms with Gasteiger partial charge in [0, 0.05) is 17.6 Å². The average Bonchev–Trinajstić information content (AvgIpc) is 2.24. The van der Waals surface area contributed by atoms with Gasteiger partial charge in [0.2, 0.25) is 0 Å². The van der Waals surface area contributed by atoms with Gasteiger partial charge < -0.3 is 5.32 Å². The summed E-state index contributed by atoms with van der Waals surface area (Å²) in [5.41, 5.74) is 1.58. The molecule has 0 saturated heterocycles. The Balaban J connectivity index is 2.75. The second-order valence-corrected chi connectivity index (χ2v) is 6.16. The van der Waals surface area contributed by atoms with Crippen LogP contribution in [0, 0.1) is 5.41 Å². The van der Waals surface area contributed by atoms with Crippen LogP contribution in [-0.2, 0) is 0 Å². The Hall–Kier alpha value is -0.790. The molecule has 2 heteroatoms. The lowest BCUT2D eigenvalue weighted by molar-refractivity contribution is 0.316. The molecule has 0 fully saturated rings. The highest BCUT2D eigenvalue weighted by Crippen LogP contribution is 2.29. The number of hydrogen-bond acceptors (Lipinski definition) is 1. The van der Waals surface area contributed by atoms with E-state index in [1.807, 2.05) is 6.07 Å². The maximum absolute atomic E-state index is 5.82. The molecule has 94 valence electrons. The van der Waals surface area contributed by atoms with Crippen molar-refractivity contribution in [3.8, 4) is 0 Å². The van der Waals surface area contributed by atoms with Crippen molar-refractivity contribution in [1.82, 2.24) is 5.32 Å². The maximum Gasteiger partial charge on any atom is 0.0328 e. The quantitative estimate of drug-likeness (QED) is 0.812. The maximum atomic E-state index is 5.82. The van der Waals surface area contributed by atoms with Crippen LogP contribution in [0.2, 0.25) is 0 Å². The number of benzene rings is 1. The fourth-order valence-corrected chi connectivity index (χ4v) is 1.92. The minimum atomic E-state index is 0.279. The van der Waals surface area contributed by atoms with Crippen LogP contribution >= 0.6 is 11.6 Å². The standard InChI is InChI=1S/C15H22ClN/c1-12(16)11-17-14(10-15(2,3)4)13-8-6-5-7-9-13/h5-9,14,17H,1,10-11H2,2-4H3. The molecule has 0 amide bonds. The van der Waals surface area contributed by atoms with Crippen molar-refractivity contribution in [2.45, 2.75) is 33.2 Å². The lowest BCUT2D eigenvalue weighted by Gasteiger charge is -2.27. The molecule has 0 saturated carbocycles. The van der Waals surface area contributed by atoms with Gasteiger partial charge in [-0.25, -0.2) is 0 Å². The highest BCUT2D eigenvalue weighted by molar-refractivity contribution is 6.29. The molecule has 0 spiro atoms. The second kappa shape index (κ2) is 6.23. The summed E-state index contributed by atoms with van der Waals surface area (Å²) in [4.78, 5) is 0. The van der Waals surface area contributed by atoms with Gasteiger partial charge >= 0.3 is 0 Å². The largest absolute Gasteiger partial charge is 0.305 e. The van der Waals surface area contributed by atoms with Crippen molar-refractivity contribution in [2.24, 2.45) is 5.41 Å². The molecule has 1 rings (SSSR count). The zero-order valence-electron chi connectivity index (χ0n) is 11.0. The highest BCUT2D eigenvalue weighted by atomic mass is 35.5. The van der Waals surface area contributed by atoms with Crippen LogP contribution in [0.15, 0.2) is 41.9 Å². The van der Waals surface area contributed by atoms with Crippen LogP contribution in [0.25, 0.3) is 0 Å². The fraction of sp³-hybridized carbons (Fsp3) is 0.467. The summed E-state index contributed by atoms with van der Waals surface area (Å²) >= 11 is 5.82. The summed E-state index contributed by atoms with van der Waals surface area (Å²) in [6, 6.07) is 10.8. The lowest BCUT2D eigenvalue weighted by Crippen LogP contribution is -2.26. The van der Waals surface area contributed by atoms with E-state index in [1.54, 1.807) is 0 Å². The van der Waals surface area contributed by atoms with E-state index in [1.165, 1.54) is 5.56 Å². The summed E-state index contributed by atoms with van der Waals surface area (Å²) in [5.74, 6) is 0. The van der Waals surface area contributed by atoms with E-state index in [0.717, 1.165) is 6.42 Å². The summed E-state index contributed by atoms with van der Waals surface area (Å²) in [5, 5.41) is 4.11. The van der Waals surface area contributed by atoms with Gasteiger partial charge in [0.25, 0.3) is 0 Å². The monoisotopic (exact) mass is 251 g/mol. The zero-order chi connectivity index (χ0) is 12.9. The van der Waals surface area contributed by atoms with Crippen molar-refractivity contribution in [1.29, 1.82) is 0 Å². The number of hydrogen-bond donors (Lipinski definition) is 1. The molecule has 1 atom stereocenters. The van der Waals surface area contributed by atoms with Gasteiger partial charge in [-0.2, -0.15) is 0 Å². The Kier molecular flexibility index (Phi) is 5.23. The lowest BCUT2D eigenvalue weighted by atomic mass is 9.85. The molecular formula is C15H22ClN. The molecule has 1 N–H and O–H groups in total. The molecule has 0 aromatic heterocycles. The van der Waals surface area contributed by atoms with E-state index in [4.69, 9.17) is 11.6 Å². The van der Waals surface area contributed by atoms with E-state index in [0.29, 0.717) is 17.6 Å². The van der Waals surface area contributed by atoms with Crippen LogP contribution in [-0.4, -0.2) is 6.54 Å². The molecule has 1 aromatic rings. The van der Waals surface area contributed by atoms with Crippen LogP contribution in [0.5, 0.6) is 0 Å². The van der Waals surface area contributed by atoms with Gasteiger partial charge in [0.05, 0.1) is 0 Å². The first-order chi connectivity index (χ1) is 7.88. The van der Waals surface area contributed by atoms with E-state index in [9.17, 15) is 0 Å². The molecule has 0 aliphatic carbocycles. The van der Waals surface area contributed by atoms with Crippen molar-refractivity contribution >= 4 is 11.6 Å². The third-order valence-electron chi connectivity index (χ3n) is 2.56. The number of halogens is 1. The van der Waals surface area contributed by atoms with E-state index in [2.05, 4.69) is 56.9 Å². The van der Waals surface area contributed by atoms with Gasteiger partial charge in [0.1, 0.15) is 0 Å². The number of rotatable bonds is 5. The molecule has 0 bridgehead atoms. The second-order valence-electron chi connectivity index (χ2n) is 5.63. The Bertz CT molecular complexity index is 351. The van der Waals surface area contributed by atoms with Crippen molar-refractivity contribution in [2.75, 3.05) is 6.54 Å². The topological polar surface area (TPSA) is 12.0 Å². The first kappa shape index (κ1) is 14.3. The third-order valence-corrected chi connectivity index (χ3v) is 2.69. The highest BCUT2D eigenvalue weighted by Gasteiger charge is 2.19. The van der Waals surface area contributed by atoms with E-state index in [-0.39, 0.29) is 5.41 Å². The Morgan fingerprint density at radius 1 is 1.29 bits per heavy atom. The molecule has 0 aliphatic rings. The first-order valence-electron chi connectivity index (χ1n) is 6.00. The van der Waals surface area contributed by atoms with E-state index < -0.39 is 0 Å². The SMILES string of the molecule is C=C(Cl)CNC(CC(C)(C)C)c1ccccc1. The number of nitrogens with one attached hydrogen (secondary N) is 1. The predicted molar refractivity (Wildman–Crippen MR) is 76.3 cm³/mol. The molecule has 0 aliphatic heterocycles. The summed E-state index contributed by atoms with van der Waals surface area (Å²) < 4.78 is 0. The van der Waals surface area contributed by atoms with Gasteiger partial charge in [-0.05, 0) is 17.4 Å². The van der Waals surface area contributed by atoms with Crippen LogP contribution in [0.1, 0.15) is 38.8 Å². The predicted octanol–water partition coefficient (Wildman–Crippen LogP) is 4.51. The molecule has 1 nitrogen and oxygen atoms in total. The zero-order valence-corrected chi connectivity index (χ0v) is 11.7. The normalized spacial score (nSPS) is 13.4. The van der Waals surface area contributed by atoms with Crippen LogP contribution in [0.4, 0.5) is 0 Å². The molecule has 0 radical (unpaired) electrons. The molecule has 1 unspecified atom stereocenters. The van der Waals surface area contributed by atoms with E-state index >= 15 is 0 Å². The molecule has 0 heterocycles. The molecule has 1 aromatic carbocycles. The van der Waals surface area contributed by atoms with Gasteiger partial charge in [-0.15, -0.1) is 0 Å². The van der Waals surface area contributed by atoms with Crippen molar-refractivity contribution < 1.29 is 0 Å². The first-order valence-corrected chi connectivity index (χ1v) is 6.38. The molecular weight excluding hydrogens is 230 g/mol. The summed E-state index contributed by atoms with van der Waals surface area (Å²) in [6.45, 7) is 11.1. The minimum Gasteiger partial charge on any atom is -0.305 e. The molecule has 17 heavy (non-hydrogen) atoms. The summed E-state index contributed by atoms with van der Waals surface area (Å²) in [7, 11) is 0. The summed E-state index contributed by atoms with van der Waals surface area (Å²) in [6.07, 6.45) is 1.07. The average molecular weight is 252 g/mol. The Labute approximate surface area is 110 Å². The van der Waals surface area contributed by atoms with Gasteiger partial charge in [-0.3, -0.25) is 0 Å². The van der Waals surface area contributed by atoms with Gasteiger partial charge in [0.15, 0.2) is 0 Å². The van der Waals surface area contributed by atoms with Crippen LogP contribution < -0.4 is 5.32 Å². The Morgan fingerprint density at radius 2 is 1.88 bits per heavy atom. The fourth-order valence-electron chi connectivity index (χ4n) is 1.84. The Morgan fingerprint density at radius 3 is 2.35 bits per heavy atom. The third kappa shape index (κ3) is 5.90.